The van der Waals surface area contributed by atoms with Crippen LogP contribution >= 0.6 is 0 Å². The van der Waals surface area contributed by atoms with Gasteiger partial charge in [-0.1, -0.05) is 37.4 Å². The van der Waals surface area contributed by atoms with Crippen molar-refractivity contribution >= 4 is 19.6 Å². The fourth-order valence-electron chi connectivity index (χ4n) is 4.04. The van der Waals surface area contributed by atoms with Crippen LogP contribution in [0, 0.1) is 0 Å². The Morgan fingerprint density at radius 3 is 2.72 bits per heavy atom. The Kier molecular flexibility index (Phi) is 2.22. The number of aryl methyl sites for hydroxylation is 3. The second-order valence-electron chi connectivity index (χ2n) is 6.11. The second kappa shape index (κ2) is 3.71. The highest BCUT2D eigenvalue weighted by molar-refractivity contribution is 6.57. The van der Waals surface area contributed by atoms with Crippen LogP contribution in [0.15, 0.2) is 24.3 Å². The SMILES string of the molecule is C[Si](C)C1CCc2c1cc1c3c(cccc23)CC1. The number of benzene rings is 2. The van der Waals surface area contributed by atoms with Crippen LogP contribution in [0.3, 0.4) is 0 Å². The van der Waals surface area contributed by atoms with Gasteiger partial charge in [-0.2, -0.15) is 0 Å². The lowest BCUT2D eigenvalue weighted by atomic mass is 9.97. The zero-order chi connectivity index (χ0) is 12.3. The number of hydrogen-bond donors (Lipinski definition) is 0. The molecule has 2 aliphatic carbocycles. The third-order valence-electron chi connectivity index (χ3n) is 4.89. The molecule has 1 heteroatoms. The maximum absolute atomic E-state index is 2.57. The number of fused-ring (bicyclic) bond motifs is 2. The van der Waals surface area contributed by atoms with Crippen molar-refractivity contribution in [2.75, 3.05) is 0 Å². The van der Waals surface area contributed by atoms with Gasteiger partial charge in [0.15, 0.2) is 0 Å². The first kappa shape index (κ1) is 10.8. The van der Waals surface area contributed by atoms with Gasteiger partial charge in [-0.3, -0.25) is 0 Å². The molecular weight excluding hydrogens is 232 g/mol. The molecule has 2 aliphatic rings. The van der Waals surface area contributed by atoms with Crippen LogP contribution in [0.1, 0.15) is 34.2 Å². The lowest BCUT2D eigenvalue weighted by molar-refractivity contribution is 0.862. The molecule has 0 N–H and O–H groups in total. The van der Waals surface area contributed by atoms with Crippen LogP contribution in [0.2, 0.25) is 13.1 Å². The molecule has 2 aromatic rings. The molecule has 1 atom stereocenters. The largest absolute Gasteiger partial charge is 0.0708 e. The van der Waals surface area contributed by atoms with Crippen molar-refractivity contribution in [2.45, 2.75) is 44.3 Å². The van der Waals surface area contributed by atoms with E-state index >= 15 is 0 Å². The first-order valence-corrected chi connectivity index (χ1v) is 9.69. The Balaban J connectivity index is 2.05. The molecule has 1 unspecified atom stereocenters. The quantitative estimate of drug-likeness (QED) is 0.664. The van der Waals surface area contributed by atoms with E-state index < -0.39 is 0 Å². The maximum Gasteiger partial charge on any atom is 0.0497 e. The molecule has 0 saturated carbocycles. The molecule has 0 aromatic heterocycles. The summed E-state index contributed by atoms with van der Waals surface area (Å²) in [6.45, 7) is 4.95. The van der Waals surface area contributed by atoms with Gasteiger partial charge in [0.25, 0.3) is 0 Å². The van der Waals surface area contributed by atoms with Crippen molar-refractivity contribution in [1.29, 1.82) is 0 Å². The summed E-state index contributed by atoms with van der Waals surface area (Å²) in [4.78, 5) is 0. The molecule has 2 aromatic carbocycles. The predicted octanol–water partition coefficient (Wildman–Crippen LogP) is 4.26. The Morgan fingerprint density at radius 2 is 1.89 bits per heavy atom. The molecular formula is C17H19Si. The van der Waals surface area contributed by atoms with Crippen LogP contribution in [-0.2, 0) is 19.3 Å². The summed E-state index contributed by atoms with van der Waals surface area (Å²) in [5, 5.41) is 3.20. The van der Waals surface area contributed by atoms with Gasteiger partial charge < -0.3 is 0 Å². The van der Waals surface area contributed by atoms with Crippen LogP contribution < -0.4 is 0 Å². The normalized spacial score (nSPS) is 20.9. The van der Waals surface area contributed by atoms with Gasteiger partial charge in [0.1, 0.15) is 0 Å². The minimum atomic E-state index is -0.200. The number of rotatable bonds is 1. The maximum atomic E-state index is 2.57. The van der Waals surface area contributed by atoms with Crippen molar-refractivity contribution in [3.8, 4) is 0 Å². The summed E-state index contributed by atoms with van der Waals surface area (Å²) < 4.78 is 0. The van der Waals surface area contributed by atoms with E-state index in [4.69, 9.17) is 0 Å². The van der Waals surface area contributed by atoms with Gasteiger partial charge in [0.2, 0.25) is 0 Å². The van der Waals surface area contributed by atoms with E-state index in [1.165, 1.54) is 25.7 Å². The molecule has 91 valence electrons. The van der Waals surface area contributed by atoms with Gasteiger partial charge in [-0.05, 0) is 64.3 Å². The van der Waals surface area contributed by atoms with E-state index in [1.807, 2.05) is 0 Å². The average Bonchev–Trinajstić information content (AvgIpc) is 2.95. The highest BCUT2D eigenvalue weighted by atomic mass is 28.3. The Morgan fingerprint density at radius 1 is 1.06 bits per heavy atom. The first-order chi connectivity index (χ1) is 8.75. The zero-order valence-corrected chi connectivity index (χ0v) is 12.2. The molecule has 4 rings (SSSR count). The fraction of sp³-hybridized carbons (Fsp3) is 0.412. The summed E-state index contributed by atoms with van der Waals surface area (Å²) in [7, 11) is -0.200. The Labute approximate surface area is 111 Å². The third kappa shape index (κ3) is 1.31. The summed E-state index contributed by atoms with van der Waals surface area (Å²) in [5.74, 6) is 0. The minimum absolute atomic E-state index is 0.200. The molecule has 0 aliphatic heterocycles. The first-order valence-electron chi connectivity index (χ1n) is 7.12. The molecule has 0 saturated heterocycles. The topological polar surface area (TPSA) is 0 Å². The van der Waals surface area contributed by atoms with Crippen molar-refractivity contribution in [1.82, 2.24) is 0 Å². The lowest BCUT2D eigenvalue weighted by Crippen LogP contribution is -2.13. The van der Waals surface area contributed by atoms with E-state index in [0.717, 1.165) is 5.54 Å². The summed E-state index contributed by atoms with van der Waals surface area (Å²) in [6, 6.07) is 9.53. The van der Waals surface area contributed by atoms with Crippen molar-refractivity contribution in [3.63, 3.8) is 0 Å². The minimum Gasteiger partial charge on any atom is -0.0708 e. The van der Waals surface area contributed by atoms with Crippen LogP contribution in [0.4, 0.5) is 0 Å². The van der Waals surface area contributed by atoms with E-state index in [9.17, 15) is 0 Å². The summed E-state index contributed by atoms with van der Waals surface area (Å²) >= 11 is 0. The molecule has 0 nitrogen and oxygen atoms in total. The van der Waals surface area contributed by atoms with E-state index in [2.05, 4.69) is 37.4 Å². The predicted molar refractivity (Wildman–Crippen MR) is 79.9 cm³/mol. The van der Waals surface area contributed by atoms with Crippen LogP contribution in [0.25, 0.3) is 10.8 Å². The van der Waals surface area contributed by atoms with Gasteiger partial charge in [0.05, 0.1) is 0 Å². The number of hydrogen-bond acceptors (Lipinski definition) is 0. The van der Waals surface area contributed by atoms with Crippen LogP contribution in [-0.4, -0.2) is 8.80 Å². The Hall–Kier alpha value is -1.08. The monoisotopic (exact) mass is 251 g/mol. The third-order valence-corrected chi connectivity index (χ3v) is 6.89. The van der Waals surface area contributed by atoms with Gasteiger partial charge >= 0.3 is 0 Å². The highest BCUT2D eigenvalue weighted by Crippen LogP contribution is 2.43. The molecule has 18 heavy (non-hydrogen) atoms. The van der Waals surface area contributed by atoms with E-state index in [-0.39, 0.29) is 8.80 Å². The average molecular weight is 251 g/mol. The smallest absolute Gasteiger partial charge is 0.0497 e. The molecule has 1 radical (unpaired) electrons. The van der Waals surface area contributed by atoms with Crippen LogP contribution in [0.5, 0.6) is 0 Å². The van der Waals surface area contributed by atoms with Crippen molar-refractivity contribution in [2.24, 2.45) is 0 Å². The van der Waals surface area contributed by atoms with Gasteiger partial charge in [-0.15, -0.1) is 0 Å². The molecule has 0 heterocycles. The lowest BCUT2D eigenvalue weighted by Gasteiger charge is -2.16. The highest BCUT2D eigenvalue weighted by Gasteiger charge is 2.29. The van der Waals surface area contributed by atoms with E-state index in [0.29, 0.717) is 0 Å². The van der Waals surface area contributed by atoms with Crippen molar-refractivity contribution in [3.05, 3.63) is 46.5 Å². The molecule has 0 fully saturated rings. The van der Waals surface area contributed by atoms with E-state index in [1.54, 1.807) is 33.0 Å². The zero-order valence-electron chi connectivity index (χ0n) is 11.2. The molecule has 0 amide bonds. The van der Waals surface area contributed by atoms with Gasteiger partial charge in [-0.25, -0.2) is 0 Å². The molecule has 0 bridgehead atoms. The van der Waals surface area contributed by atoms with Gasteiger partial charge in [0, 0.05) is 8.80 Å². The van der Waals surface area contributed by atoms with Crippen molar-refractivity contribution < 1.29 is 0 Å². The summed E-state index contributed by atoms with van der Waals surface area (Å²) in [5.41, 5.74) is 7.53. The fourth-order valence-corrected chi connectivity index (χ4v) is 5.64. The Bertz CT molecular complexity index is 640. The standard InChI is InChI=1S/C17H19Si/c1-18(2)16-9-8-13-14-5-3-4-11-6-7-12(17(11)14)10-15(13)16/h3-5,10,16H,6-9H2,1-2H3. The summed E-state index contributed by atoms with van der Waals surface area (Å²) in [6.07, 6.45) is 5.25. The second-order valence-corrected chi connectivity index (χ2v) is 8.96. The molecule has 0 spiro atoms.